The summed E-state index contributed by atoms with van der Waals surface area (Å²) in [6.45, 7) is 0. The minimum Gasteiger partial charge on any atom is -0.304 e. The lowest BCUT2D eigenvalue weighted by Gasteiger charge is -2.04. The zero-order valence-corrected chi connectivity index (χ0v) is 11.7. The molecular formula is C10H6BrFN6O3. The van der Waals surface area contributed by atoms with Gasteiger partial charge in [0.25, 0.3) is 0 Å². The zero-order valence-electron chi connectivity index (χ0n) is 10.1. The van der Waals surface area contributed by atoms with Gasteiger partial charge in [-0.25, -0.2) is 24.2 Å². The monoisotopic (exact) mass is 356 g/mol. The fourth-order valence-electron chi connectivity index (χ4n) is 1.68. The van der Waals surface area contributed by atoms with Crippen LogP contribution < -0.4 is 17.0 Å². The van der Waals surface area contributed by atoms with Crippen molar-refractivity contribution in [3.05, 3.63) is 39.0 Å². The molecule has 0 bridgehead atoms. The maximum absolute atomic E-state index is 13.3. The van der Waals surface area contributed by atoms with E-state index < -0.39 is 11.6 Å². The van der Waals surface area contributed by atoms with Crippen molar-refractivity contribution in [3.8, 4) is 17.2 Å². The number of hydrazine groups is 1. The summed E-state index contributed by atoms with van der Waals surface area (Å²) in [6, 6.07) is 3.96. The molecule has 11 heteroatoms. The second-order valence-corrected chi connectivity index (χ2v) is 4.67. The van der Waals surface area contributed by atoms with E-state index in [2.05, 4.69) is 46.0 Å². The quantitative estimate of drug-likeness (QED) is 0.527. The van der Waals surface area contributed by atoms with Crippen molar-refractivity contribution in [3.63, 3.8) is 0 Å². The fourth-order valence-corrected chi connectivity index (χ4v) is 2.05. The van der Waals surface area contributed by atoms with Gasteiger partial charge in [0.1, 0.15) is 5.82 Å². The first-order valence-corrected chi connectivity index (χ1v) is 6.25. The lowest BCUT2D eigenvalue weighted by Crippen LogP contribution is -2.14. The number of aromatic nitrogens is 4. The number of halogens is 2. The van der Waals surface area contributed by atoms with Crippen molar-refractivity contribution in [2.75, 3.05) is 5.43 Å². The number of nitrogens with two attached hydrogens (primary N) is 1. The highest BCUT2D eigenvalue weighted by Crippen LogP contribution is 2.25. The van der Waals surface area contributed by atoms with E-state index in [-0.39, 0.29) is 21.8 Å². The molecule has 0 aliphatic heterocycles. The maximum Gasteiger partial charge on any atom is 0.446 e. The topological polar surface area (TPSA) is 125 Å². The summed E-state index contributed by atoms with van der Waals surface area (Å²) in [5.74, 6) is 4.07. The van der Waals surface area contributed by atoms with Crippen molar-refractivity contribution in [1.29, 1.82) is 0 Å². The molecule has 0 fully saturated rings. The average Bonchev–Trinajstić information content (AvgIpc) is 3.07. The van der Waals surface area contributed by atoms with Crippen LogP contribution in [0.3, 0.4) is 0 Å². The molecular weight excluding hydrogens is 351 g/mol. The van der Waals surface area contributed by atoms with Gasteiger partial charge in [-0.05, 0) is 44.4 Å². The van der Waals surface area contributed by atoms with E-state index in [9.17, 15) is 9.18 Å². The second-order valence-electron chi connectivity index (χ2n) is 3.81. The predicted molar refractivity (Wildman–Crippen MR) is 70.9 cm³/mol. The second kappa shape index (κ2) is 5.10. The smallest absolute Gasteiger partial charge is 0.304 e. The molecule has 108 valence electrons. The molecule has 0 radical (unpaired) electrons. The van der Waals surface area contributed by atoms with Crippen LogP contribution >= 0.6 is 15.9 Å². The highest BCUT2D eigenvalue weighted by Gasteiger charge is 2.22. The van der Waals surface area contributed by atoms with E-state index in [1.165, 1.54) is 18.2 Å². The van der Waals surface area contributed by atoms with Crippen LogP contribution in [0.2, 0.25) is 0 Å². The van der Waals surface area contributed by atoms with Crippen molar-refractivity contribution in [1.82, 2.24) is 20.0 Å². The van der Waals surface area contributed by atoms with E-state index in [4.69, 9.17) is 5.84 Å². The van der Waals surface area contributed by atoms with Crippen molar-refractivity contribution < 1.29 is 13.5 Å². The van der Waals surface area contributed by atoms with Crippen molar-refractivity contribution >= 4 is 21.7 Å². The van der Waals surface area contributed by atoms with Gasteiger partial charge in [-0.3, -0.25) is 4.52 Å². The van der Waals surface area contributed by atoms with Crippen LogP contribution in [0.5, 0.6) is 0 Å². The molecule has 9 nitrogen and oxygen atoms in total. The third kappa shape index (κ3) is 2.21. The van der Waals surface area contributed by atoms with Crippen molar-refractivity contribution in [2.24, 2.45) is 5.84 Å². The van der Waals surface area contributed by atoms with Gasteiger partial charge in [0, 0.05) is 0 Å². The average molecular weight is 357 g/mol. The van der Waals surface area contributed by atoms with Crippen LogP contribution in [0.1, 0.15) is 0 Å². The van der Waals surface area contributed by atoms with Crippen LogP contribution in [0.15, 0.2) is 36.6 Å². The molecule has 0 spiro atoms. The summed E-state index contributed by atoms with van der Waals surface area (Å²) in [6.07, 6.45) is 0. The fraction of sp³-hybridized carbons (Fsp3) is 0. The van der Waals surface area contributed by atoms with Crippen molar-refractivity contribution in [2.45, 2.75) is 0 Å². The predicted octanol–water partition coefficient (Wildman–Crippen LogP) is 1.06. The molecule has 3 rings (SSSR count). The Morgan fingerprint density at radius 1 is 1.33 bits per heavy atom. The van der Waals surface area contributed by atoms with Gasteiger partial charge in [0.2, 0.25) is 11.6 Å². The Hall–Kier alpha value is -2.53. The SMILES string of the molecule is NNc1nonc1-c1noc(=O)n1-c1ccc(F)c(Br)c1. The molecule has 1 aromatic carbocycles. The Morgan fingerprint density at radius 3 is 2.86 bits per heavy atom. The zero-order chi connectivity index (χ0) is 15.0. The lowest BCUT2D eigenvalue weighted by molar-refractivity contribution is 0.309. The Kier molecular flexibility index (Phi) is 3.27. The number of benzene rings is 1. The molecule has 2 aromatic heterocycles. The van der Waals surface area contributed by atoms with Crippen LogP contribution in [-0.4, -0.2) is 20.0 Å². The van der Waals surface area contributed by atoms with Crippen LogP contribution in [0, 0.1) is 5.82 Å². The van der Waals surface area contributed by atoms with E-state index in [0.29, 0.717) is 5.69 Å². The number of anilines is 1. The summed E-state index contributed by atoms with van der Waals surface area (Å²) in [4.78, 5) is 11.8. The summed E-state index contributed by atoms with van der Waals surface area (Å²) in [7, 11) is 0. The van der Waals surface area contributed by atoms with Gasteiger partial charge in [-0.2, -0.15) is 0 Å². The van der Waals surface area contributed by atoms with Gasteiger partial charge in [-0.15, -0.1) is 0 Å². The number of rotatable bonds is 3. The van der Waals surface area contributed by atoms with Crippen LogP contribution in [0.4, 0.5) is 10.2 Å². The molecule has 0 aliphatic rings. The highest BCUT2D eigenvalue weighted by atomic mass is 79.9. The Balaban J connectivity index is 2.22. The summed E-state index contributed by atoms with van der Waals surface area (Å²) in [5.41, 5.74) is 2.64. The first kappa shape index (κ1) is 13.5. The molecule has 0 unspecified atom stereocenters. The number of nitrogens with zero attached hydrogens (tertiary/aromatic N) is 4. The molecule has 0 saturated heterocycles. The van der Waals surface area contributed by atoms with Gasteiger partial charge in [0.15, 0.2) is 5.69 Å². The summed E-state index contributed by atoms with van der Waals surface area (Å²) in [5, 5.41) is 10.7. The van der Waals surface area contributed by atoms with Gasteiger partial charge in [-0.1, -0.05) is 5.16 Å². The molecule has 0 amide bonds. The minimum atomic E-state index is -0.783. The number of hydrogen-bond donors (Lipinski definition) is 2. The molecule has 0 aliphatic carbocycles. The molecule has 3 aromatic rings. The van der Waals surface area contributed by atoms with E-state index in [0.717, 1.165) is 4.57 Å². The Bertz CT molecular complexity index is 857. The van der Waals surface area contributed by atoms with Gasteiger partial charge < -0.3 is 5.43 Å². The van der Waals surface area contributed by atoms with E-state index in [1.54, 1.807) is 0 Å². The third-order valence-corrected chi connectivity index (χ3v) is 3.21. The standard InChI is InChI=1S/C10H6BrFN6O3/c11-5-3-4(1-2-6(5)12)18-9(17-20-10(18)19)7-8(14-13)16-21-15-7/h1-3H,13H2,(H,14,16). The summed E-state index contributed by atoms with van der Waals surface area (Å²) < 4.78 is 23.7. The highest BCUT2D eigenvalue weighted by molar-refractivity contribution is 9.10. The van der Waals surface area contributed by atoms with E-state index in [1.807, 2.05) is 0 Å². The largest absolute Gasteiger partial charge is 0.446 e. The number of nitrogens with one attached hydrogen (secondary N) is 1. The molecule has 0 saturated carbocycles. The molecule has 3 N–H and O–H groups in total. The number of hydrogen-bond acceptors (Lipinski definition) is 8. The summed E-state index contributed by atoms with van der Waals surface area (Å²) >= 11 is 3.04. The molecule has 2 heterocycles. The molecule has 0 atom stereocenters. The van der Waals surface area contributed by atoms with E-state index >= 15 is 0 Å². The van der Waals surface area contributed by atoms with Crippen LogP contribution in [0.25, 0.3) is 17.2 Å². The first-order chi connectivity index (χ1) is 10.1. The minimum absolute atomic E-state index is 0.00714. The third-order valence-electron chi connectivity index (χ3n) is 2.60. The molecule has 21 heavy (non-hydrogen) atoms. The van der Waals surface area contributed by atoms with Gasteiger partial charge in [0.05, 0.1) is 10.2 Å². The first-order valence-electron chi connectivity index (χ1n) is 5.45. The Labute approximate surface area is 123 Å². The van der Waals surface area contributed by atoms with Gasteiger partial charge >= 0.3 is 5.76 Å². The lowest BCUT2D eigenvalue weighted by atomic mass is 10.3. The van der Waals surface area contributed by atoms with Crippen LogP contribution in [-0.2, 0) is 0 Å². The normalized spacial score (nSPS) is 10.8. The Morgan fingerprint density at radius 2 is 2.14 bits per heavy atom. The maximum atomic E-state index is 13.3. The number of nitrogen functional groups attached to an aromatic ring is 1.